The standard InChI is InChI=1S/C23H17ClN2O2/c24-18-12-10-17(11-13-18)22-14-19(26-28-22)15-23(27)25-21-9-5-4-8-20(21)16-6-2-1-3-7-16/h1-14H,15H2,(H,25,27). The van der Waals surface area contributed by atoms with Gasteiger partial charge in [0, 0.05) is 27.9 Å². The lowest BCUT2D eigenvalue weighted by atomic mass is 10.0. The normalized spacial score (nSPS) is 10.6. The molecule has 5 heteroatoms. The van der Waals surface area contributed by atoms with Crippen molar-refractivity contribution in [2.75, 3.05) is 5.32 Å². The van der Waals surface area contributed by atoms with Crippen LogP contribution in [0.2, 0.25) is 5.02 Å². The first-order chi connectivity index (χ1) is 13.7. The van der Waals surface area contributed by atoms with E-state index in [1.54, 1.807) is 18.2 Å². The van der Waals surface area contributed by atoms with Crippen LogP contribution in [0.5, 0.6) is 0 Å². The molecule has 0 unspecified atom stereocenters. The Bertz CT molecular complexity index is 1090. The highest BCUT2D eigenvalue weighted by Gasteiger charge is 2.13. The molecule has 0 aliphatic carbocycles. The van der Waals surface area contributed by atoms with Gasteiger partial charge in [0.15, 0.2) is 5.76 Å². The van der Waals surface area contributed by atoms with E-state index in [0.717, 1.165) is 22.4 Å². The van der Waals surface area contributed by atoms with Crippen LogP contribution in [0, 0.1) is 0 Å². The molecule has 28 heavy (non-hydrogen) atoms. The van der Waals surface area contributed by atoms with Crippen molar-refractivity contribution < 1.29 is 9.32 Å². The molecule has 4 rings (SSSR count). The van der Waals surface area contributed by atoms with E-state index in [2.05, 4.69) is 10.5 Å². The summed E-state index contributed by atoms with van der Waals surface area (Å²) in [7, 11) is 0. The molecule has 1 heterocycles. The van der Waals surface area contributed by atoms with Crippen molar-refractivity contribution in [1.82, 2.24) is 5.16 Å². The van der Waals surface area contributed by atoms with Crippen molar-refractivity contribution in [1.29, 1.82) is 0 Å². The Kier molecular flexibility index (Phi) is 5.22. The highest BCUT2D eigenvalue weighted by Crippen LogP contribution is 2.28. The number of benzene rings is 3. The van der Waals surface area contributed by atoms with Gasteiger partial charge < -0.3 is 9.84 Å². The number of nitrogens with one attached hydrogen (secondary N) is 1. The molecule has 3 aromatic carbocycles. The van der Waals surface area contributed by atoms with E-state index in [1.807, 2.05) is 66.7 Å². The van der Waals surface area contributed by atoms with Crippen molar-refractivity contribution >= 4 is 23.2 Å². The molecule has 1 N–H and O–H groups in total. The second-order valence-electron chi connectivity index (χ2n) is 6.33. The van der Waals surface area contributed by atoms with E-state index in [1.165, 1.54) is 0 Å². The average Bonchev–Trinajstić information content (AvgIpc) is 3.18. The maximum atomic E-state index is 12.5. The molecule has 0 atom stereocenters. The van der Waals surface area contributed by atoms with Gasteiger partial charge in [-0.05, 0) is 35.9 Å². The summed E-state index contributed by atoms with van der Waals surface area (Å²) < 4.78 is 5.36. The first-order valence-corrected chi connectivity index (χ1v) is 9.23. The number of anilines is 1. The summed E-state index contributed by atoms with van der Waals surface area (Å²) in [5, 5.41) is 7.64. The van der Waals surface area contributed by atoms with Crippen molar-refractivity contribution in [3.63, 3.8) is 0 Å². The summed E-state index contributed by atoms with van der Waals surface area (Å²) in [6.45, 7) is 0. The van der Waals surface area contributed by atoms with Gasteiger partial charge >= 0.3 is 0 Å². The second kappa shape index (κ2) is 8.11. The molecule has 0 spiro atoms. The van der Waals surface area contributed by atoms with Crippen LogP contribution in [0.1, 0.15) is 5.69 Å². The minimum atomic E-state index is -0.153. The highest BCUT2D eigenvalue weighted by atomic mass is 35.5. The number of amides is 1. The fourth-order valence-corrected chi connectivity index (χ4v) is 3.09. The van der Waals surface area contributed by atoms with Gasteiger partial charge in [-0.15, -0.1) is 0 Å². The van der Waals surface area contributed by atoms with Crippen LogP contribution in [0.3, 0.4) is 0 Å². The maximum absolute atomic E-state index is 12.5. The number of halogens is 1. The van der Waals surface area contributed by atoms with Gasteiger partial charge in [0.1, 0.15) is 0 Å². The van der Waals surface area contributed by atoms with Gasteiger partial charge in [0.2, 0.25) is 5.91 Å². The highest BCUT2D eigenvalue weighted by molar-refractivity contribution is 6.30. The van der Waals surface area contributed by atoms with Crippen LogP contribution in [-0.4, -0.2) is 11.1 Å². The topological polar surface area (TPSA) is 55.1 Å². The molecule has 4 aromatic rings. The van der Waals surface area contributed by atoms with Crippen LogP contribution < -0.4 is 5.32 Å². The minimum absolute atomic E-state index is 0.125. The Morgan fingerprint density at radius 2 is 1.61 bits per heavy atom. The van der Waals surface area contributed by atoms with Gasteiger partial charge in [0.25, 0.3) is 0 Å². The van der Waals surface area contributed by atoms with Crippen LogP contribution in [-0.2, 0) is 11.2 Å². The number of hydrogen-bond donors (Lipinski definition) is 1. The quantitative estimate of drug-likeness (QED) is 0.467. The van der Waals surface area contributed by atoms with Crippen LogP contribution in [0.15, 0.2) is 89.5 Å². The number of carbonyl (C=O) groups is 1. The number of aromatic nitrogens is 1. The molecule has 4 nitrogen and oxygen atoms in total. The summed E-state index contributed by atoms with van der Waals surface area (Å²) in [5.41, 5.74) is 4.21. The van der Waals surface area contributed by atoms with Gasteiger partial charge in [-0.3, -0.25) is 4.79 Å². The molecule has 138 valence electrons. The van der Waals surface area contributed by atoms with Crippen molar-refractivity contribution in [2.24, 2.45) is 0 Å². The molecule has 0 bridgehead atoms. The number of hydrogen-bond acceptors (Lipinski definition) is 3. The molecule has 0 aliphatic heterocycles. The summed E-state index contributed by atoms with van der Waals surface area (Å²) in [5.74, 6) is 0.448. The molecular weight excluding hydrogens is 372 g/mol. The van der Waals surface area contributed by atoms with Gasteiger partial charge in [0.05, 0.1) is 12.1 Å². The first kappa shape index (κ1) is 18.0. The number of carbonyl (C=O) groups excluding carboxylic acids is 1. The summed E-state index contributed by atoms with van der Waals surface area (Å²) >= 11 is 5.91. The van der Waals surface area contributed by atoms with E-state index in [0.29, 0.717) is 16.5 Å². The lowest BCUT2D eigenvalue weighted by Crippen LogP contribution is -2.15. The Balaban J connectivity index is 1.48. The van der Waals surface area contributed by atoms with Gasteiger partial charge in [-0.2, -0.15) is 0 Å². The van der Waals surface area contributed by atoms with E-state index in [-0.39, 0.29) is 12.3 Å². The van der Waals surface area contributed by atoms with Crippen molar-refractivity contribution in [3.8, 4) is 22.5 Å². The maximum Gasteiger partial charge on any atom is 0.230 e. The van der Waals surface area contributed by atoms with Crippen LogP contribution in [0.4, 0.5) is 5.69 Å². The number of nitrogens with zero attached hydrogens (tertiary/aromatic N) is 1. The third-order valence-corrected chi connectivity index (χ3v) is 4.57. The van der Waals surface area contributed by atoms with Crippen LogP contribution >= 0.6 is 11.6 Å². The SMILES string of the molecule is O=C(Cc1cc(-c2ccc(Cl)cc2)on1)Nc1ccccc1-c1ccccc1. The Morgan fingerprint density at radius 1 is 0.893 bits per heavy atom. The number of rotatable bonds is 5. The molecule has 0 fully saturated rings. The summed E-state index contributed by atoms with van der Waals surface area (Å²) in [4.78, 5) is 12.5. The third kappa shape index (κ3) is 4.13. The second-order valence-corrected chi connectivity index (χ2v) is 6.76. The summed E-state index contributed by atoms with van der Waals surface area (Å²) in [6.07, 6.45) is 0.125. The molecular formula is C23H17ClN2O2. The fraction of sp³-hybridized carbons (Fsp3) is 0.0435. The van der Waals surface area contributed by atoms with Gasteiger partial charge in [-0.1, -0.05) is 65.3 Å². The average molecular weight is 389 g/mol. The predicted molar refractivity (Wildman–Crippen MR) is 111 cm³/mol. The zero-order valence-electron chi connectivity index (χ0n) is 14.9. The Labute approximate surface area is 167 Å². The van der Waals surface area contributed by atoms with E-state index in [4.69, 9.17) is 16.1 Å². The third-order valence-electron chi connectivity index (χ3n) is 4.32. The molecule has 1 aromatic heterocycles. The molecule has 0 saturated heterocycles. The lowest BCUT2D eigenvalue weighted by Gasteiger charge is -2.10. The van der Waals surface area contributed by atoms with E-state index in [9.17, 15) is 4.79 Å². The monoisotopic (exact) mass is 388 g/mol. The van der Waals surface area contributed by atoms with Crippen molar-refractivity contribution in [3.05, 3.63) is 95.6 Å². The zero-order chi connectivity index (χ0) is 19.3. The molecule has 0 aliphatic rings. The van der Waals surface area contributed by atoms with Crippen LogP contribution in [0.25, 0.3) is 22.5 Å². The largest absolute Gasteiger partial charge is 0.356 e. The predicted octanol–water partition coefficient (Wildman–Crippen LogP) is 5.84. The molecule has 0 radical (unpaired) electrons. The molecule has 0 saturated carbocycles. The lowest BCUT2D eigenvalue weighted by molar-refractivity contribution is -0.115. The zero-order valence-corrected chi connectivity index (χ0v) is 15.7. The smallest absolute Gasteiger partial charge is 0.230 e. The Hall–Kier alpha value is -3.37. The first-order valence-electron chi connectivity index (χ1n) is 8.85. The fourth-order valence-electron chi connectivity index (χ4n) is 2.97. The number of para-hydroxylation sites is 1. The van der Waals surface area contributed by atoms with E-state index >= 15 is 0 Å². The van der Waals surface area contributed by atoms with Gasteiger partial charge in [-0.25, -0.2) is 0 Å². The Morgan fingerprint density at radius 3 is 2.39 bits per heavy atom. The summed E-state index contributed by atoms with van der Waals surface area (Å²) in [6, 6.07) is 26.7. The van der Waals surface area contributed by atoms with Crippen molar-refractivity contribution in [2.45, 2.75) is 6.42 Å². The molecule has 1 amide bonds. The van der Waals surface area contributed by atoms with E-state index < -0.39 is 0 Å². The minimum Gasteiger partial charge on any atom is -0.356 e.